The lowest BCUT2D eigenvalue weighted by Gasteiger charge is -2.31. The Balaban J connectivity index is 1.36. The number of piperidine rings is 1. The molecule has 1 aliphatic heterocycles. The third-order valence-electron chi connectivity index (χ3n) is 4.96. The summed E-state index contributed by atoms with van der Waals surface area (Å²) in [6, 6.07) is 11.4. The van der Waals surface area contributed by atoms with E-state index in [1.54, 1.807) is 11.0 Å². The lowest BCUT2D eigenvalue weighted by molar-refractivity contribution is -0.121. The summed E-state index contributed by atoms with van der Waals surface area (Å²) in [6.07, 6.45) is 4.49. The largest absolute Gasteiger partial charge is 0.338 e. The number of benzene rings is 1. The maximum absolute atomic E-state index is 12.8. The van der Waals surface area contributed by atoms with Gasteiger partial charge in [-0.05, 0) is 35.9 Å². The van der Waals surface area contributed by atoms with E-state index in [0.717, 1.165) is 16.1 Å². The predicted octanol–water partition coefficient (Wildman–Crippen LogP) is 2.88. The number of nitrogens with zero attached hydrogens (tertiary/aromatic N) is 4. The number of hydrogen-bond donors (Lipinski definition) is 1. The van der Waals surface area contributed by atoms with Gasteiger partial charge in [0.25, 0.3) is 5.91 Å². The van der Waals surface area contributed by atoms with Crippen molar-refractivity contribution in [3.63, 3.8) is 0 Å². The average Bonchev–Trinajstić information content (AvgIpc) is 3.43. The zero-order valence-electron chi connectivity index (χ0n) is 15.3. The number of hydrogen-bond acceptors (Lipinski definition) is 5. The molecule has 2 amide bonds. The van der Waals surface area contributed by atoms with Crippen molar-refractivity contribution in [2.24, 2.45) is 5.92 Å². The summed E-state index contributed by atoms with van der Waals surface area (Å²) in [6.45, 7) is 1.76. The number of anilines is 1. The van der Waals surface area contributed by atoms with Gasteiger partial charge in [0.05, 0.1) is 11.4 Å². The first-order valence-electron chi connectivity index (χ1n) is 9.24. The molecule has 1 saturated heterocycles. The number of carbonyl (C=O) groups excluding carboxylic acids is 2. The van der Waals surface area contributed by atoms with Gasteiger partial charge in [-0.15, -0.1) is 11.3 Å². The van der Waals surface area contributed by atoms with Crippen molar-refractivity contribution in [1.29, 1.82) is 0 Å². The van der Waals surface area contributed by atoms with Gasteiger partial charge in [-0.1, -0.05) is 24.3 Å². The summed E-state index contributed by atoms with van der Waals surface area (Å²) in [4.78, 5) is 31.8. The van der Waals surface area contributed by atoms with Gasteiger partial charge in [0.15, 0.2) is 0 Å². The van der Waals surface area contributed by atoms with Crippen LogP contribution < -0.4 is 5.32 Å². The van der Waals surface area contributed by atoms with Crippen molar-refractivity contribution >= 4 is 28.8 Å². The van der Waals surface area contributed by atoms with Crippen LogP contribution in [0.4, 0.5) is 5.69 Å². The van der Waals surface area contributed by atoms with E-state index in [1.165, 1.54) is 17.7 Å². The molecule has 1 aromatic carbocycles. The topological polar surface area (TPSA) is 80.1 Å². The fourth-order valence-corrected chi connectivity index (χ4v) is 4.10. The van der Waals surface area contributed by atoms with Gasteiger partial charge in [-0.2, -0.15) is 5.10 Å². The molecule has 144 valence electrons. The fourth-order valence-electron chi connectivity index (χ4n) is 3.40. The van der Waals surface area contributed by atoms with Crippen LogP contribution in [0.15, 0.2) is 54.4 Å². The maximum Gasteiger partial charge on any atom is 0.263 e. The molecule has 0 unspecified atom stereocenters. The predicted molar refractivity (Wildman–Crippen MR) is 107 cm³/mol. The number of amides is 2. The van der Waals surface area contributed by atoms with E-state index < -0.39 is 0 Å². The molecular formula is C20H21N5O2S. The molecule has 0 radical (unpaired) electrons. The Bertz CT molecular complexity index is 931. The molecule has 1 N–H and O–H groups in total. The molecule has 3 heterocycles. The lowest BCUT2D eigenvalue weighted by Crippen LogP contribution is -2.41. The normalized spacial score (nSPS) is 14.8. The molecule has 0 saturated carbocycles. The van der Waals surface area contributed by atoms with Crippen molar-refractivity contribution in [3.8, 4) is 0 Å². The van der Waals surface area contributed by atoms with Crippen molar-refractivity contribution in [2.75, 3.05) is 18.4 Å². The van der Waals surface area contributed by atoms with Crippen LogP contribution in [-0.2, 0) is 11.3 Å². The second-order valence-electron chi connectivity index (χ2n) is 6.78. The molecule has 0 spiro atoms. The Hall–Kier alpha value is -3.00. The Morgan fingerprint density at radius 3 is 2.68 bits per heavy atom. The van der Waals surface area contributed by atoms with E-state index in [0.29, 0.717) is 32.5 Å². The number of likely N-dealkylation sites (tertiary alicyclic amines) is 1. The summed E-state index contributed by atoms with van der Waals surface area (Å²) in [5.74, 6) is -0.0203. The number of aromatic nitrogens is 3. The minimum absolute atomic E-state index is 0.00858. The van der Waals surface area contributed by atoms with Crippen LogP contribution >= 0.6 is 11.3 Å². The smallest absolute Gasteiger partial charge is 0.263 e. The summed E-state index contributed by atoms with van der Waals surface area (Å²) in [5, 5.41) is 9.09. The SMILES string of the molecule is O=C(Nc1ccccc1Cn1cncn1)C1CCN(C(=O)c2cccs2)CC1. The third kappa shape index (κ3) is 4.12. The van der Waals surface area contributed by atoms with Crippen LogP contribution in [0.25, 0.3) is 0 Å². The first-order chi connectivity index (χ1) is 13.7. The molecular weight excluding hydrogens is 374 g/mol. The number of carbonyl (C=O) groups is 2. The zero-order valence-corrected chi connectivity index (χ0v) is 16.1. The minimum atomic E-state index is -0.0909. The van der Waals surface area contributed by atoms with Crippen molar-refractivity contribution < 1.29 is 9.59 Å². The molecule has 0 aliphatic carbocycles. The van der Waals surface area contributed by atoms with Gasteiger partial charge in [0.1, 0.15) is 12.7 Å². The second kappa shape index (κ2) is 8.35. The fraction of sp³-hybridized carbons (Fsp3) is 0.300. The van der Waals surface area contributed by atoms with Gasteiger partial charge in [-0.25, -0.2) is 9.67 Å². The van der Waals surface area contributed by atoms with E-state index in [9.17, 15) is 9.59 Å². The van der Waals surface area contributed by atoms with Crippen LogP contribution in [0.3, 0.4) is 0 Å². The number of nitrogens with one attached hydrogen (secondary N) is 1. The van der Waals surface area contributed by atoms with E-state index in [1.807, 2.05) is 46.7 Å². The van der Waals surface area contributed by atoms with E-state index in [4.69, 9.17) is 0 Å². The van der Waals surface area contributed by atoms with Gasteiger partial charge >= 0.3 is 0 Å². The van der Waals surface area contributed by atoms with Crippen LogP contribution in [0.5, 0.6) is 0 Å². The molecule has 8 heteroatoms. The Morgan fingerprint density at radius 1 is 1.14 bits per heavy atom. The molecule has 0 bridgehead atoms. The standard InChI is InChI=1S/C20H21N5O2S/c26-19(15-7-9-24(10-8-15)20(27)18-6-3-11-28-18)23-17-5-2-1-4-16(17)12-25-14-21-13-22-25/h1-6,11,13-15H,7-10,12H2,(H,23,26). The van der Waals surface area contributed by atoms with Crippen molar-refractivity contribution in [1.82, 2.24) is 19.7 Å². The molecule has 1 aliphatic rings. The van der Waals surface area contributed by atoms with Gasteiger partial charge in [0.2, 0.25) is 5.91 Å². The summed E-state index contributed by atoms with van der Waals surface area (Å²) >= 11 is 1.45. The van der Waals surface area contributed by atoms with Crippen molar-refractivity contribution in [3.05, 3.63) is 64.9 Å². The number of thiophene rings is 1. The Morgan fingerprint density at radius 2 is 1.96 bits per heavy atom. The zero-order chi connectivity index (χ0) is 19.3. The Kier molecular flexibility index (Phi) is 5.48. The number of rotatable bonds is 5. The highest BCUT2D eigenvalue weighted by Crippen LogP contribution is 2.23. The maximum atomic E-state index is 12.8. The van der Waals surface area contributed by atoms with Crippen LogP contribution in [0.2, 0.25) is 0 Å². The Labute approximate surface area is 167 Å². The highest BCUT2D eigenvalue weighted by atomic mass is 32.1. The van der Waals surface area contributed by atoms with E-state index in [2.05, 4.69) is 15.4 Å². The molecule has 4 rings (SSSR count). The molecule has 1 fully saturated rings. The third-order valence-corrected chi connectivity index (χ3v) is 5.82. The summed E-state index contributed by atoms with van der Waals surface area (Å²) in [5.41, 5.74) is 1.77. The molecule has 7 nitrogen and oxygen atoms in total. The monoisotopic (exact) mass is 395 g/mol. The molecule has 2 aromatic heterocycles. The first kappa shape index (κ1) is 18.4. The van der Waals surface area contributed by atoms with E-state index >= 15 is 0 Å². The minimum Gasteiger partial charge on any atom is -0.338 e. The van der Waals surface area contributed by atoms with Gasteiger partial charge in [-0.3, -0.25) is 9.59 Å². The second-order valence-corrected chi connectivity index (χ2v) is 7.73. The lowest BCUT2D eigenvalue weighted by atomic mass is 9.95. The summed E-state index contributed by atoms with van der Waals surface area (Å²) in [7, 11) is 0. The molecule has 0 atom stereocenters. The number of para-hydroxylation sites is 1. The quantitative estimate of drug-likeness (QED) is 0.720. The average molecular weight is 395 g/mol. The van der Waals surface area contributed by atoms with Crippen LogP contribution in [0, 0.1) is 5.92 Å². The van der Waals surface area contributed by atoms with Crippen molar-refractivity contribution in [2.45, 2.75) is 19.4 Å². The van der Waals surface area contributed by atoms with Gasteiger partial charge in [0, 0.05) is 24.7 Å². The first-order valence-corrected chi connectivity index (χ1v) is 10.1. The highest BCUT2D eigenvalue weighted by Gasteiger charge is 2.28. The van der Waals surface area contributed by atoms with Crippen LogP contribution in [0.1, 0.15) is 28.1 Å². The molecule has 3 aromatic rings. The van der Waals surface area contributed by atoms with E-state index in [-0.39, 0.29) is 17.7 Å². The van der Waals surface area contributed by atoms with Crippen LogP contribution in [-0.4, -0.2) is 44.6 Å². The molecule has 28 heavy (non-hydrogen) atoms. The van der Waals surface area contributed by atoms with Gasteiger partial charge < -0.3 is 10.2 Å². The summed E-state index contributed by atoms with van der Waals surface area (Å²) < 4.78 is 1.72. The highest BCUT2D eigenvalue weighted by molar-refractivity contribution is 7.12.